The van der Waals surface area contributed by atoms with Gasteiger partial charge in [0.15, 0.2) is 0 Å². The molecule has 2 aromatic carbocycles. The smallest absolute Gasteiger partial charge is 0.257 e. The van der Waals surface area contributed by atoms with Crippen LogP contribution in [0.5, 0.6) is 0 Å². The Kier molecular flexibility index (Phi) is 6.60. The normalized spacial score (nSPS) is 16.2. The minimum absolute atomic E-state index is 0.0130. The monoisotopic (exact) mass is 426 g/mol. The number of nitrogens with one attached hydrogen (secondary N) is 2. The maximum absolute atomic E-state index is 12.6. The summed E-state index contributed by atoms with van der Waals surface area (Å²) in [5, 5.41) is 6.57. The largest absolute Gasteiger partial charge is 0.376 e. The Bertz CT molecular complexity index is 867. The lowest BCUT2D eigenvalue weighted by atomic mass is 10.1. The summed E-state index contributed by atoms with van der Waals surface area (Å²) >= 11 is 18.0. The number of anilines is 1. The van der Waals surface area contributed by atoms with E-state index in [4.69, 9.17) is 39.5 Å². The molecule has 0 saturated carbocycles. The maximum Gasteiger partial charge on any atom is 0.257 e. The Hall–Kier alpha value is -1.79. The molecule has 1 atom stereocenters. The van der Waals surface area contributed by atoms with Crippen LogP contribution < -0.4 is 10.6 Å². The van der Waals surface area contributed by atoms with E-state index in [0.29, 0.717) is 28.9 Å². The predicted molar refractivity (Wildman–Crippen MR) is 107 cm³/mol. The molecule has 2 aromatic rings. The summed E-state index contributed by atoms with van der Waals surface area (Å²) in [6.07, 6.45) is 1.91. The SMILES string of the molecule is O=C(Nc1ccc(Cl)cc1C(=O)NC[C@H]1CCCO1)c1ccc(Cl)cc1Cl. The molecule has 1 aliphatic rings. The van der Waals surface area contributed by atoms with Crippen LogP contribution in [-0.4, -0.2) is 31.1 Å². The van der Waals surface area contributed by atoms with Gasteiger partial charge in [0.25, 0.3) is 11.8 Å². The van der Waals surface area contributed by atoms with Crippen molar-refractivity contribution in [2.75, 3.05) is 18.5 Å². The number of benzene rings is 2. The fourth-order valence-electron chi connectivity index (χ4n) is 2.78. The van der Waals surface area contributed by atoms with E-state index in [-0.39, 0.29) is 28.2 Å². The van der Waals surface area contributed by atoms with Crippen LogP contribution in [0.1, 0.15) is 33.6 Å². The van der Waals surface area contributed by atoms with Crippen LogP contribution >= 0.6 is 34.8 Å². The van der Waals surface area contributed by atoms with Gasteiger partial charge in [-0.05, 0) is 49.2 Å². The summed E-state index contributed by atoms with van der Waals surface area (Å²) < 4.78 is 5.50. The van der Waals surface area contributed by atoms with Gasteiger partial charge in [-0.3, -0.25) is 9.59 Å². The summed E-state index contributed by atoms with van der Waals surface area (Å²) in [4.78, 5) is 25.1. The van der Waals surface area contributed by atoms with Crippen molar-refractivity contribution < 1.29 is 14.3 Å². The highest BCUT2D eigenvalue weighted by Crippen LogP contribution is 2.25. The van der Waals surface area contributed by atoms with E-state index in [0.717, 1.165) is 12.8 Å². The molecular formula is C19H17Cl3N2O3. The number of hydrogen-bond acceptors (Lipinski definition) is 3. The first-order valence-electron chi connectivity index (χ1n) is 8.40. The average Bonchev–Trinajstić information content (AvgIpc) is 3.14. The lowest BCUT2D eigenvalue weighted by molar-refractivity contribution is 0.0858. The Morgan fingerprint density at radius 1 is 1.00 bits per heavy atom. The molecule has 142 valence electrons. The fraction of sp³-hybridized carbons (Fsp3) is 0.263. The molecule has 0 unspecified atom stereocenters. The van der Waals surface area contributed by atoms with Gasteiger partial charge in [-0.25, -0.2) is 0 Å². The lowest BCUT2D eigenvalue weighted by Crippen LogP contribution is -2.32. The van der Waals surface area contributed by atoms with Gasteiger partial charge in [-0.2, -0.15) is 0 Å². The van der Waals surface area contributed by atoms with Gasteiger partial charge in [0.2, 0.25) is 0 Å². The quantitative estimate of drug-likeness (QED) is 0.719. The highest BCUT2D eigenvalue weighted by atomic mass is 35.5. The standard InChI is InChI=1S/C19H17Cl3N2O3/c20-11-4-6-17(24-19(26)14-5-3-12(21)9-16(14)22)15(8-11)18(25)23-10-13-2-1-7-27-13/h3-6,8-9,13H,1-2,7,10H2,(H,23,25)(H,24,26)/t13-/m1/s1. The number of carbonyl (C=O) groups is 2. The first-order valence-corrected chi connectivity index (χ1v) is 9.53. The van der Waals surface area contributed by atoms with Crippen molar-refractivity contribution in [2.24, 2.45) is 0 Å². The third-order valence-corrected chi connectivity index (χ3v) is 4.95. The molecule has 0 radical (unpaired) electrons. The zero-order valence-corrected chi connectivity index (χ0v) is 16.5. The maximum atomic E-state index is 12.6. The molecule has 8 heteroatoms. The molecular weight excluding hydrogens is 411 g/mol. The molecule has 2 N–H and O–H groups in total. The summed E-state index contributed by atoms with van der Waals surface area (Å²) in [5.74, 6) is -0.794. The zero-order valence-electron chi connectivity index (χ0n) is 14.2. The molecule has 2 amide bonds. The molecule has 5 nitrogen and oxygen atoms in total. The summed E-state index contributed by atoms with van der Waals surface area (Å²) in [6, 6.07) is 9.25. The molecule has 1 heterocycles. The molecule has 27 heavy (non-hydrogen) atoms. The van der Waals surface area contributed by atoms with Crippen LogP contribution in [0.3, 0.4) is 0 Å². The number of ether oxygens (including phenoxy) is 1. The molecule has 0 spiro atoms. The Morgan fingerprint density at radius 2 is 1.74 bits per heavy atom. The minimum atomic E-state index is -0.452. The topological polar surface area (TPSA) is 67.4 Å². The van der Waals surface area contributed by atoms with E-state index < -0.39 is 5.91 Å². The van der Waals surface area contributed by atoms with E-state index in [1.807, 2.05) is 0 Å². The number of hydrogen-bond donors (Lipinski definition) is 2. The van der Waals surface area contributed by atoms with Gasteiger partial charge in [-0.15, -0.1) is 0 Å². The van der Waals surface area contributed by atoms with Gasteiger partial charge < -0.3 is 15.4 Å². The third-order valence-electron chi connectivity index (χ3n) is 4.16. The van der Waals surface area contributed by atoms with Gasteiger partial charge in [-0.1, -0.05) is 34.8 Å². The number of carbonyl (C=O) groups excluding carboxylic acids is 2. The van der Waals surface area contributed by atoms with E-state index in [1.165, 1.54) is 18.2 Å². The van der Waals surface area contributed by atoms with Crippen molar-refractivity contribution in [1.82, 2.24) is 5.32 Å². The average molecular weight is 428 g/mol. The third kappa shape index (κ3) is 5.14. The summed E-state index contributed by atoms with van der Waals surface area (Å²) in [5.41, 5.74) is 0.848. The van der Waals surface area contributed by atoms with E-state index in [1.54, 1.807) is 18.2 Å². The molecule has 1 fully saturated rings. The first-order chi connectivity index (χ1) is 12.9. The van der Waals surface area contributed by atoms with Crippen molar-refractivity contribution in [3.63, 3.8) is 0 Å². The van der Waals surface area contributed by atoms with Crippen LogP contribution in [-0.2, 0) is 4.74 Å². The van der Waals surface area contributed by atoms with Crippen LogP contribution in [0.2, 0.25) is 15.1 Å². The summed E-state index contributed by atoms with van der Waals surface area (Å²) in [6.45, 7) is 1.11. The molecule has 1 aliphatic heterocycles. The Morgan fingerprint density at radius 3 is 2.44 bits per heavy atom. The van der Waals surface area contributed by atoms with E-state index >= 15 is 0 Å². The predicted octanol–water partition coefficient (Wildman–Crippen LogP) is 4.81. The first kappa shape index (κ1) is 20.0. The van der Waals surface area contributed by atoms with Gasteiger partial charge in [0, 0.05) is 23.2 Å². The minimum Gasteiger partial charge on any atom is -0.376 e. The van der Waals surface area contributed by atoms with Gasteiger partial charge in [0.1, 0.15) is 0 Å². The summed E-state index contributed by atoms with van der Waals surface area (Å²) in [7, 11) is 0. The van der Waals surface area contributed by atoms with Crippen molar-refractivity contribution in [3.05, 3.63) is 62.6 Å². The van der Waals surface area contributed by atoms with Gasteiger partial charge in [0.05, 0.1) is 27.9 Å². The molecule has 3 rings (SSSR count). The molecule has 0 bridgehead atoms. The van der Waals surface area contributed by atoms with Crippen LogP contribution in [0.4, 0.5) is 5.69 Å². The highest BCUT2D eigenvalue weighted by molar-refractivity contribution is 6.37. The molecule has 1 saturated heterocycles. The van der Waals surface area contributed by atoms with Gasteiger partial charge >= 0.3 is 0 Å². The van der Waals surface area contributed by atoms with Crippen LogP contribution in [0.25, 0.3) is 0 Å². The number of halogens is 3. The lowest BCUT2D eigenvalue weighted by Gasteiger charge is -2.14. The molecule has 0 aromatic heterocycles. The Balaban J connectivity index is 1.76. The van der Waals surface area contributed by atoms with Crippen LogP contribution in [0.15, 0.2) is 36.4 Å². The zero-order chi connectivity index (χ0) is 19.4. The second-order valence-corrected chi connectivity index (χ2v) is 7.39. The second-order valence-electron chi connectivity index (χ2n) is 6.11. The second kappa shape index (κ2) is 8.93. The molecule has 0 aliphatic carbocycles. The number of amides is 2. The Labute approximate surface area is 171 Å². The van der Waals surface area contributed by atoms with Crippen molar-refractivity contribution in [3.8, 4) is 0 Å². The van der Waals surface area contributed by atoms with Crippen molar-refractivity contribution in [2.45, 2.75) is 18.9 Å². The highest BCUT2D eigenvalue weighted by Gasteiger charge is 2.20. The fourth-order valence-corrected chi connectivity index (χ4v) is 3.45. The van der Waals surface area contributed by atoms with E-state index in [2.05, 4.69) is 10.6 Å². The van der Waals surface area contributed by atoms with Crippen molar-refractivity contribution in [1.29, 1.82) is 0 Å². The number of rotatable bonds is 5. The van der Waals surface area contributed by atoms with Crippen LogP contribution in [0, 0.1) is 0 Å². The van der Waals surface area contributed by atoms with Crippen molar-refractivity contribution >= 4 is 52.3 Å². The van der Waals surface area contributed by atoms with E-state index in [9.17, 15) is 9.59 Å².